The van der Waals surface area contributed by atoms with E-state index < -0.39 is 12.2 Å². The Labute approximate surface area is 133 Å². The van der Waals surface area contributed by atoms with Crippen LogP contribution in [-0.2, 0) is 4.74 Å². The number of likely N-dealkylation sites (N-methyl/N-ethyl adjacent to an activating group) is 1. The molecular weight excluding hydrogens is 298 g/mol. The number of aliphatic hydroxyl groups excluding tert-OH is 1. The zero-order valence-electron chi connectivity index (χ0n) is 12.9. The summed E-state index contributed by atoms with van der Waals surface area (Å²) in [5.74, 6) is 1.31. The van der Waals surface area contributed by atoms with Crippen molar-refractivity contribution in [3.8, 4) is 11.5 Å². The molecule has 0 radical (unpaired) electrons. The van der Waals surface area contributed by atoms with E-state index >= 15 is 0 Å². The van der Waals surface area contributed by atoms with Crippen molar-refractivity contribution < 1.29 is 24.1 Å². The average molecular weight is 317 g/mol. The first-order valence-electron chi connectivity index (χ1n) is 8.16. The number of likely N-dealkylation sites (tertiary alicyclic amines) is 1. The van der Waals surface area contributed by atoms with Crippen molar-refractivity contribution in [2.75, 3.05) is 20.4 Å². The van der Waals surface area contributed by atoms with Crippen molar-refractivity contribution >= 4 is 5.97 Å². The maximum atomic E-state index is 12.4. The predicted molar refractivity (Wildman–Crippen MR) is 79.7 cm³/mol. The normalized spacial score (nSPS) is 37.8. The molecule has 0 unspecified atom stereocenters. The van der Waals surface area contributed by atoms with Crippen LogP contribution in [0.15, 0.2) is 12.1 Å². The van der Waals surface area contributed by atoms with Gasteiger partial charge in [-0.1, -0.05) is 0 Å². The van der Waals surface area contributed by atoms with E-state index in [0.29, 0.717) is 29.4 Å². The van der Waals surface area contributed by atoms with Gasteiger partial charge >= 0.3 is 5.97 Å². The summed E-state index contributed by atoms with van der Waals surface area (Å²) in [7, 11) is 2.11. The number of ether oxygens (including phenoxy) is 3. The average Bonchev–Trinajstić information content (AvgIpc) is 3.13. The lowest BCUT2D eigenvalue weighted by Crippen LogP contribution is -2.54. The van der Waals surface area contributed by atoms with Gasteiger partial charge in [-0.05, 0) is 50.0 Å². The Morgan fingerprint density at radius 1 is 1.26 bits per heavy atom. The van der Waals surface area contributed by atoms with Crippen LogP contribution >= 0.6 is 0 Å². The van der Waals surface area contributed by atoms with Crippen LogP contribution in [0.25, 0.3) is 0 Å². The molecule has 3 aliphatic heterocycles. The summed E-state index contributed by atoms with van der Waals surface area (Å²) in [5, 5.41) is 10.5. The molecule has 1 aliphatic carbocycles. The Morgan fingerprint density at radius 3 is 2.87 bits per heavy atom. The number of esters is 1. The smallest absolute Gasteiger partial charge is 0.338 e. The van der Waals surface area contributed by atoms with Crippen LogP contribution in [0.3, 0.4) is 0 Å². The summed E-state index contributed by atoms with van der Waals surface area (Å²) in [6.45, 7) is 1.19. The van der Waals surface area contributed by atoms with Crippen LogP contribution in [0.5, 0.6) is 11.5 Å². The maximum absolute atomic E-state index is 12.4. The second kappa shape index (κ2) is 4.61. The molecule has 5 atom stereocenters. The molecule has 1 N–H and O–H groups in total. The lowest BCUT2D eigenvalue weighted by molar-refractivity contribution is -0.0778. The van der Waals surface area contributed by atoms with Gasteiger partial charge in [0, 0.05) is 12.0 Å². The van der Waals surface area contributed by atoms with Gasteiger partial charge in [-0.15, -0.1) is 0 Å². The molecule has 6 nitrogen and oxygen atoms in total. The molecule has 1 aromatic carbocycles. The number of benzene rings is 1. The molecule has 4 aliphatic rings. The van der Waals surface area contributed by atoms with Crippen LogP contribution in [0.2, 0.25) is 0 Å². The molecule has 122 valence electrons. The second-order valence-corrected chi connectivity index (χ2v) is 7.01. The van der Waals surface area contributed by atoms with Gasteiger partial charge in [0.05, 0.1) is 11.7 Å². The summed E-state index contributed by atoms with van der Waals surface area (Å²) in [5.41, 5.74) is 1.47. The molecular formula is C17H19NO5. The molecule has 5 rings (SSSR count). The minimum atomic E-state index is -0.602. The number of hydrogen-bond donors (Lipinski definition) is 1. The van der Waals surface area contributed by atoms with Gasteiger partial charge in [0.15, 0.2) is 11.5 Å². The minimum absolute atomic E-state index is 0.0153. The van der Waals surface area contributed by atoms with Crippen molar-refractivity contribution in [1.29, 1.82) is 0 Å². The maximum Gasteiger partial charge on any atom is 0.338 e. The summed E-state index contributed by atoms with van der Waals surface area (Å²) in [6, 6.07) is 3.92. The fourth-order valence-electron chi connectivity index (χ4n) is 4.86. The van der Waals surface area contributed by atoms with Gasteiger partial charge in [0.2, 0.25) is 6.79 Å². The van der Waals surface area contributed by atoms with Crippen LogP contribution < -0.4 is 9.47 Å². The van der Waals surface area contributed by atoms with Gasteiger partial charge in [0.1, 0.15) is 6.10 Å². The van der Waals surface area contributed by atoms with Crippen LogP contribution in [0.1, 0.15) is 34.7 Å². The monoisotopic (exact) mass is 317 g/mol. The number of fused-ring (bicyclic) bond motifs is 6. The quantitative estimate of drug-likeness (QED) is 0.723. The molecule has 0 aromatic heterocycles. The topological polar surface area (TPSA) is 68.2 Å². The van der Waals surface area contributed by atoms with E-state index in [2.05, 4.69) is 11.9 Å². The third kappa shape index (κ3) is 1.79. The van der Waals surface area contributed by atoms with Crippen LogP contribution in [0.4, 0.5) is 0 Å². The van der Waals surface area contributed by atoms with E-state index in [-0.39, 0.29) is 24.7 Å². The molecule has 0 spiro atoms. The van der Waals surface area contributed by atoms with Crippen molar-refractivity contribution in [3.63, 3.8) is 0 Å². The van der Waals surface area contributed by atoms with E-state index in [1.807, 2.05) is 6.07 Å². The molecule has 1 saturated carbocycles. The van der Waals surface area contributed by atoms with Gasteiger partial charge < -0.3 is 24.2 Å². The van der Waals surface area contributed by atoms with E-state index in [1.54, 1.807) is 6.07 Å². The number of aliphatic hydroxyl groups is 1. The third-order valence-electron chi connectivity index (χ3n) is 5.86. The third-order valence-corrected chi connectivity index (χ3v) is 5.86. The van der Waals surface area contributed by atoms with E-state index in [0.717, 1.165) is 18.5 Å². The summed E-state index contributed by atoms with van der Waals surface area (Å²) in [4.78, 5) is 14.8. The first kappa shape index (κ1) is 13.6. The SMILES string of the molecule is CN1CC[C@@H]2C[C@H](O)[C@@H]3OC(=O)c4cc5c(cc4[C@H]3[C@@H]21)OCO5. The molecule has 6 heteroatoms. The fraction of sp³-hybridized carbons (Fsp3) is 0.588. The zero-order chi connectivity index (χ0) is 15.7. The van der Waals surface area contributed by atoms with E-state index in [4.69, 9.17) is 14.2 Å². The summed E-state index contributed by atoms with van der Waals surface area (Å²) < 4.78 is 16.5. The Bertz CT molecular complexity index is 690. The highest BCUT2D eigenvalue weighted by molar-refractivity contribution is 5.94. The van der Waals surface area contributed by atoms with Crippen molar-refractivity contribution in [2.24, 2.45) is 5.92 Å². The van der Waals surface area contributed by atoms with E-state index in [9.17, 15) is 9.90 Å². The lowest BCUT2D eigenvalue weighted by atomic mass is 9.69. The molecule has 1 aromatic rings. The van der Waals surface area contributed by atoms with Gasteiger partial charge in [0.25, 0.3) is 0 Å². The highest BCUT2D eigenvalue weighted by atomic mass is 16.7. The summed E-state index contributed by atoms with van der Waals surface area (Å²) in [6.07, 6.45) is 0.700. The molecule has 0 bridgehead atoms. The molecule has 1 saturated heterocycles. The molecule has 3 heterocycles. The van der Waals surface area contributed by atoms with Crippen molar-refractivity contribution in [3.05, 3.63) is 23.3 Å². The first-order valence-corrected chi connectivity index (χ1v) is 8.16. The molecule has 2 fully saturated rings. The largest absolute Gasteiger partial charge is 0.455 e. The number of hydrogen-bond acceptors (Lipinski definition) is 6. The second-order valence-electron chi connectivity index (χ2n) is 7.01. The fourth-order valence-corrected chi connectivity index (χ4v) is 4.86. The van der Waals surface area contributed by atoms with Crippen LogP contribution in [-0.4, -0.2) is 54.6 Å². The number of carbonyl (C=O) groups is 1. The highest BCUT2D eigenvalue weighted by Crippen LogP contribution is 2.50. The van der Waals surface area contributed by atoms with Crippen molar-refractivity contribution in [2.45, 2.75) is 37.0 Å². The standard InChI is InChI=1S/C17H19NO5/c1-18-3-2-8-4-11(19)16-14(15(8)18)9-5-12-13(22-7-21-12)6-10(9)17(20)23-16/h5-6,8,11,14-16,19H,2-4,7H2,1H3/t8-,11+,14+,15-,16+/m1/s1. The Morgan fingerprint density at radius 2 is 2.04 bits per heavy atom. The van der Waals surface area contributed by atoms with E-state index in [1.165, 1.54) is 0 Å². The number of carbonyl (C=O) groups excluding carboxylic acids is 1. The summed E-state index contributed by atoms with van der Waals surface area (Å²) >= 11 is 0. The molecule has 23 heavy (non-hydrogen) atoms. The zero-order valence-corrected chi connectivity index (χ0v) is 12.9. The Kier molecular flexibility index (Phi) is 2.73. The lowest BCUT2D eigenvalue weighted by Gasteiger charge is -2.47. The van der Waals surface area contributed by atoms with Crippen molar-refractivity contribution in [1.82, 2.24) is 4.90 Å². The Hall–Kier alpha value is -1.79. The van der Waals surface area contributed by atoms with Crippen LogP contribution in [0, 0.1) is 5.92 Å². The minimum Gasteiger partial charge on any atom is -0.455 e. The van der Waals surface area contributed by atoms with Gasteiger partial charge in [-0.3, -0.25) is 0 Å². The van der Waals surface area contributed by atoms with Gasteiger partial charge in [-0.25, -0.2) is 4.79 Å². The molecule has 0 amide bonds. The predicted octanol–water partition coefficient (Wildman–Crippen LogP) is 1.12. The number of rotatable bonds is 0. The first-order chi connectivity index (χ1) is 11.1. The number of nitrogens with zero attached hydrogens (tertiary/aromatic N) is 1. The Balaban J connectivity index is 1.68. The highest BCUT2D eigenvalue weighted by Gasteiger charge is 2.53. The van der Waals surface area contributed by atoms with Gasteiger partial charge in [-0.2, -0.15) is 0 Å².